The Bertz CT molecular complexity index is 364. The predicted octanol–water partition coefficient (Wildman–Crippen LogP) is 3.09. The third kappa shape index (κ3) is 1.11. The first-order valence-electron chi connectivity index (χ1n) is 3.66. The van der Waals surface area contributed by atoms with Crippen molar-refractivity contribution in [3.05, 3.63) is 48.5 Å². The highest BCUT2D eigenvalue weighted by Crippen LogP contribution is 2.22. The normalized spacial score (nSPS) is 10.1. The fraction of sp³-hybridized carbons (Fsp3) is 0. The van der Waals surface area contributed by atoms with Gasteiger partial charge in [-0.15, -0.1) is 0 Å². The maximum absolute atomic E-state index is 12.9. The minimum absolute atomic E-state index is 0.301. The fourth-order valence-corrected chi connectivity index (χ4v) is 1.09. The van der Waals surface area contributed by atoms with Crippen LogP contribution < -0.4 is 0 Å². The number of rotatable bonds is 1. The molecule has 0 fully saturated rings. The highest BCUT2D eigenvalue weighted by molar-refractivity contribution is 5.57. The molecule has 2 rings (SSSR count). The van der Waals surface area contributed by atoms with E-state index in [1.165, 1.54) is 12.3 Å². The summed E-state index contributed by atoms with van der Waals surface area (Å²) in [5, 5.41) is 0. The lowest BCUT2D eigenvalue weighted by Gasteiger charge is -1.94. The summed E-state index contributed by atoms with van der Waals surface area (Å²) >= 11 is 0. The van der Waals surface area contributed by atoms with Crippen LogP contribution in [0.2, 0.25) is 0 Å². The molecular weight excluding hydrogens is 155 g/mol. The van der Waals surface area contributed by atoms with Gasteiger partial charge in [-0.1, -0.05) is 30.3 Å². The van der Waals surface area contributed by atoms with Crippen molar-refractivity contribution < 1.29 is 8.81 Å². The van der Waals surface area contributed by atoms with Crippen LogP contribution >= 0.6 is 0 Å². The van der Waals surface area contributed by atoms with E-state index in [-0.39, 0.29) is 5.82 Å². The molecule has 1 aromatic heterocycles. The number of halogens is 1. The zero-order chi connectivity index (χ0) is 8.39. The minimum Gasteiger partial charge on any atom is -0.461 e. The van der Waals surface area contributed by atoms with Gasteiger partial charge in [0.05, 0.1) is 6.26 Å². The van der Waals surface area contributed by atoms with Gasteiger partial charge in [0.1, 0.15) is 0 Å². The Labute approximate surface area is 69.4 Å². The Kier molecular flexibility index (Phi) is 1.67. The second-order valence-corrected chi connectivity index (χ2v) is 2.46. The van der Waals surface area contributed by atoms with E-state index in [1.54, 1.807) is 0 Å². The van der Waals surface area contributed by atoms with Crippen LogP contribution in [0.1, 0.15) is 0 Å². The molecule has 1 aromatic carbocycles. The highest BCUT2D eigenvalue weighted by Gasteiger charge is 2.06. The molecule has 60 valence electrons. The third-order valence-corrected chi connectivity index (χ3v) is 1.65. The molecule has 0 aliphatic carbocycles. The zero-order valence-electron chi connectivity index (χ0n) is 6.33. The van der Waals surface area contributed by atoms with Crippen LogP contribution in [0.3, 0.4) is 0 Å². The van der Waals surface area contributed by atoms with E-state index >= 15 is 0 Å². The van der Waals surface area contributed by atoms with Crippen LogP contribution in [-0.4, -0.2) is 0 Å². The molecule has 1 heterocycles. The molecule has 0 amide bonds. The minimum atomic E-state index is -0.318. The summed E-state index contributed by atoms with van der Waals surface area (Å²) in [6.07, 6.45) is 1.34. The first-order chi connectivity index (χ1) is 5.88. The van der Waals surface area contributed by atoms with Gasteiger partial charge in [0.2, 0.25) is 0 Å². The van der Waals surface area contributed by atoms with Gasteiger partial charge < -0.3 is 4.42 Å². The molecule has 1 nitrogen and oxygen atoms in total. The standard InChI is InChI=1S/C10H7FO/c11-9-6-7-12-10(9)8-4-2-1-3-5-8/h1-7H. The smallest absolute Gasteiger partial charge is 0.169 e. The summed E-state index contributed by atoms with van der Waals surface area (Å²) in [6, 6.07) is 10.5. The molecule has 0 aliphatic rings. The molecule has 12 heavy (non-hydrogen) atoms. The molecule has 0 saturated heterocycles. The van der Waals surface area contributed by atoms with Gasteiger partial charge in [-0.05, 0) is 0 Å². The average molecular weight is 162 g/mol. The Balaban J connectivity index is 2.51. The van der Waals surface area contributed by atoms with Gasteiger partial charge in [-0.3, -0.25) is 0 Å². The lowest BCUT2D eigenvalue weighted by atomic mass is 10.2. The Morgan fingerprint density at radius 3 is 2.33 bits per heavy atom. The van der Waals surface area contributed by atoms with Crippen LogP contribution in [0, 0.1) is 5.82 Å². The summed E-state index contributed by atoms with van der Waals surface area (Å²) in [6.45, 7) is 0. The second kappa shape index (κ2) is 2.81. The van der Waals surface area contributed by atoms with Crippen LogP contribution in [0.4, 0.5) is 4.39 Å². The molecule has 0 spiro atoms. The quantitative estimate of drug-likeness (QED) is 0.628. The lowest BCUT2D eigenvalue weighted by molar-refractivity contribution is 0.549. The molecule has 0 radical (unpaired) electrons. The number of furan rings is 1. The van der Waals surface area contributed by atoms with E-state index < -0.39 is 0 Å². The summed E-state index contributed by atoms with van der Waals surface area (Å²) in [7, 11) is 0. The van der Waals surface area contributed by atoms with Crippen molar-refractivity contribution in [2.75, 3.05) is 0 Å². The van der Waals surface area contributed by atoms with E-state index in [1.807, 2.05) is 30.3 Å². The van der Waals surface area contributed by atoms with Crippen molar-refractivity contribution in [3.8, 4) is 11.3 Å². The van der Waals surface area contributed by atoms with Crippen LogP contribution in [0.5, 0.6) is 0 Å². The Hall–Kier alpha value is -1.57. The maximum Gasteiger partial charge on any atom is 0.169 e. The lowest BCUT2D eigenvalue weighted by Crippen LogP contribution is -1.75. The largest absolute Gasteiger partial charge is 0.461 e. The molecule has 0 saturated carbocycles. The summed E-state index contributed by atoms with van der Waals surface area (Å²) in [4.78, 5) is 0. The molecule has 2 aromatic rings. The zero-order valence-corrected chi connectivity index (χ0v) is 6.33. The molecule has 0 N–H and O–H groups in total. The number of hydrogen-bond acceptors (Lipinski definition) is 1. The molecule has 2 heteroatoms. The van der Waals surface area contributed by atoms with Crippen molar-refractivity contribution in [3.63, 3.8) is 0 Å². The Morgan fingerprint density at radius 1 is 1.00 bits per heavy atom. The van der Waals surface area contributed by atoms with Gasteiger partial charge in [-0.25, -0.2) is 4.39 Å². The second-order valence-electron chi connectivity index (χ2n) is 2.46. The van der Waals surface area contributed by atoms with Crippen molar-refractivity contribution in [2.45, 2.75) is 0 Å². The van der Waals surface area contributed by atoms with E-state index in [4.69, 9.17) is 4.42 Å². The van der Waals surface area contributed by atoms with E-state index in [2.05, 4.69) is 0 Å². The van der Waals surface area contributed by atoms with Crippen LogP contribution in [-0.2, 0) is 0 Å². The van der Waals surface area contributed by atoms with Crippen molar-refractivity contribution in [1.82, 2.24) is 0 Å². The monoisotopic (exact) mass is 162 g/mol. The van der Waals surface area contributed by atoms with E-state index in [0.29, 0.717) is 5.76 Å². The third-order valence-electron chi connectivity index (χ3n) is 1.65. The number of benzene rings is 1. The van der Waals surface area contributed by atoms with Gasteiger partial charge in [0, 0.05) is 11.6 Å². The molecular formula is C10H7FO. The first kappa shape index (κ1) is 7.10. The van der Waals surface area contributed by atoms with Crippen LogP contribution in [0.15, 0.2) is 47.1 Å². The summed E-state index contributed by atoms with van der Waals surface area (Å²) in [5.74, 6) is -0.0169. The average Bonchev–Trinajstić information content (AvgIpc) is 2.53. The van der Waals surface area contributed by atoms with Gasteiger partial charge >= 0.3 is 0 Å². The first-order valence-corrected chi connectivity index (χ1v) is 3.66. The fourth-order valence-electron chi connectivity index (χ4n) is 1.09. The topological polar surface area (TPSA) is 13.1 Å². The summed E-state index contributed by atoms with van der Waals surface area (Å²) < 4.78 is 17.9. The Morgan fingerprint density at radius 2 is 1.75 bits per heavy atom. The van der Waals surface area contributed by atoms with E-state index in [0.717, 1.165) is 5.56 Å². The summed E-state index contributed by atoms with van der Waals surface area (Å²) in [5.41, 5.74) is 0.764. The predicted molar refractivity (Wildman–Crippen MR) is 44.1 cm³/mol. The number of hydrogen-bond donors (Lipinski definition) is 0. The SMILES string of the molecule is Fc1ccoc1-c1ccccc1. The van der Waals surface area contributed by atoms with Crippen molar-refractivity contribution in [2.24, 2.45) is 0 Å². The molecule has 0 unspecified atom stereocenters. The maximum atomic E-state index is 12.9. The molecule has 0 aliphatic heterocycles. The van der Waals surface area contributed by atoms with Gasteiger partial charge in [-0.2, -0.15) is 0 Å². The van der Waals surface area contributed by atoms with E-state index in [9.17, 15) is 4.39 Å². The van der Waals surface area contributed by atoms with Crippen molar-refractivity contribution in [1.29, 1.82) is 0 Å². The van der Waals surface area contributed by atoms with Crippen molar-refractivity contribution >= 4 is 0 Å². The molecule has 0 atom stereocenters. The highest BCUT2D eigenvalue weighted by atomic mass is 19.1. The van der Waals surface area contributed by atoms with Gasteiger partial charge in [0.25, 0.3) is 0 Å². The van der Waals surface area contributed by atoms with Gasteiger partial charge in [0.15, 0.2) is 11.6 Å². The molecule has 0 bridgehead atoms. The van der Waals surface area contributed by atoms with Crippen LogP contribution in [0.25, 0.3) is 11.3 Å².